The van der Waals surface area contributed by atoms with Crippen LogP contribution in [0.25, 0.3) is 17.2 Å². The third-order valence-electron chi connectivity index (χ3n) is 3.99. The van der Waals surface area contributed by atoms with E-state index >= 15 is 0 Å². The van der Waals surface area contributed by atoms with Crippen molar-refractivity contribution in [3.05, 3.63) is 47.2 Å². The number of nitrogens with zero attached hydrogens (tertiary/aromatic N) is 4. The van der Waals surface area contributed by atoms with Crippen LogP contribution in [0.1, 0.15) is 32.4 Å². The molecule has 0 bridgehead atoms. The van der Waals surface area contributed by atoms with Crippen LogP contribution in [0, 0.1) is 0 Å². The first-order valence-corrected chi connectivity index (χ1v) is 8.16. The van der Waals surface area contributed by atoms with Gasteiger partial charge in [-0.2, -0.15) is 5.10 Å². The summed E-state index contributed by atoms with van der Waals surface area (Å²) in [7, 11) is 0. The van der Waals surface area contributed by atoms with E-state index < -0.39 is 0 Å². The molecule has 0 radical (unpaired) electrons. The molecule has 126 valence electrons. The lowest BCUT2D eigenvalue weighted by atomic mass is 10.2. The van der Waals surface area contributed by atoms with Crippen molar-refractivity contribution in [2.24, 2.45) is 0 Å². The van der Waals surface area contributed by atoms with Gasteiger partial charge in [0.2, 0.25) is 0 Å². The minimum Gasteiger partial charge on any atom is -0.334 e. The van der Waals surface area contributed by atoms with E-state index in [1.165, 1.54) is 6.07 Å². The molecule has 0 spiro atoms. The van der Waals surface area contributed by atoms with Gasteiger partial charge in [-0.1, -0.05) is 27.0 Å². The highest BCUT2D eigenvalue weighted by atomic mass is 16.1. The maximum Gasteiger partial charge on any atom is 0.264 e. The first kappa shape index (κ1) is 16.0. The minimum atomic E-state index is -0.241. The summed E-state index contributed by atoms with van der Waals surface area (Å²) in [5.74, 6) is 2.30. The van der Waals surface area contributed by atoms with Gasteiger partial charge in [-0.3, -0.25) is 4.79 Å². The molecule has 24 heavy (non-hydrogen) atoms. The number of hydrogen-bond donors (Lipinski definition) is 2. The fourth-order valence-electron chi connectivity index (χ4n) is 2.86. The van der Waals surface area contributed by atoms with Crippen LogP contribution < -0.4 is 10.5 Å². The molecule has 0 aliphatic carbocycles. The Morgan fingerprint density at radius 1 is 1.12 bits per heavy atom. The third kappa shape index (κ3) is 2.62. The number of anilines is 1. The summed E-state index contributed by atoms with van der Waals surface area (Å²) in [6.45, 7) is 14.4. The largest absolute Gasteiger partial charge is 0.334 e. The summed E-state index contributed by atoms with van der Waals surface area (Å²) >= 11 is 0. The first-order chi connectivity index (χ1) is 11.6. The van der Waals surface area contributed by atoms with Crippen molar-refractivity contribution in [2.75, 3.05) is 18.0 Å². The van der Waals surface area contributed by atoms with Crippen LogP contribution in [-0.2, 0) is 0 Å². The predicted molar refractivity (Wildman–Crippen MR) is 95.2 cm³/mol. The van der Waals surface area contributed by atoms with Gasteiger partial charge in [-0.15, -0.1) is 0 Å². The Hall–Kier alpha value is -2.83. The van der Waals surface area contributed by atoms with Crippen molar-refractivity contribution in [1.82, 2.24) is 25.1 Å². The number of aromatic amines is 2. The summed E-state index contributed by atoms with van der Waals surface area (Å²) in [6, 6.07) is 3.08. The molecule has 0 aromatic carbocycles. The Labute approximate surface area is 140 Å². The molecular formula is C17H22N6O. The second-order valence-corrected chi connectivity index (χ2v) is 5.76. The Morgan fingerprint density at radius 2 is 1.83 bits per heavy atom. The Bertz CT molecular complexity index is 813. The third-order valence-corrected chi connectivity index (χ3v) is 3.99. The van der Waals surface area contributed by atoms with Crippen LogP contribution in [0.15, 0.2) is 35.9 Å². The van der Waals surface area contributed by atoms with Gasteiger partial charge < -0.3 is 14.8 Å². The van der Waals surface area contributed by atoms with E-state index in [1.54, 1.807) is 6.07 Å². The second-order valence-electron chi connectivity index (χ2n) is 5.76. The Morgan fingerprint density at radius 3 is 2.46 bits per heavy atom. The van der Waals surface area contributed by atoms with Gasteiger partial charge in [0, 0.05) is 19.2 Å². The molecule has 1 aliphatic rings. The topological polar surface area (TPSA) is 80.9 Å². The molecule has 0 atom stereocenters. The van der Waals surface area contributed by atoms with Gasteiger partial charge in [0.1, 0.15) is 17.2 Å². The van der Waals surface area contributed by atoms with Crippen LogP contribution in [-0.4, -0.2) is 38.2 Å². The lowest BCUT2D eigenvalue weighted by molar-refractivity contribution is 0.455. The van der Waals surface area contributed by atoms with Crippen LogP contribution in [0.5, 0.6) is 0 Å². The van der Waals surface area contributed by atoms with Gasteiger partial charge >= 0.3 is 0 Å². The first-order valence-electron chi connectivity index (χ1n) is 8.16. The molecule has 7 nitrogen and oxygen atoms in total. The molecule has 0 saturated carbocycles. The van der Waals surface area contributed by atoms with Crippen molar-refractivity contribution >= 4 is 11.5 Å². The zero-order valence-corrected chi connectivity index (χ0v) is 14.1. The second kappa shape index (κ2) is 6.35. The monoisotopic (exact) mass is 326 g/mol. The van der Waals surface area contributed by atoms with Gasteiger partial charge in [0.15, 0.2) is 11.6 Å². The molecule has 3 heterocycles. The summed E-state index contributed by atoms with van der Waals surface area (Å²) in [5.41, 5.74) is 2.06. The lowest BCUT2D eigenvalue weighted by Crippen LogP contribution is -2.39. The average Bonchev–Trinajstić information content (AvgIpc) is 3.01. The zero-order chi connectivity index (χ0) is 17.3. The highest BCUT2D eigenvalue weighted by Gasteiger charge is 2.31. The van der Waals surface area contributed by atoms with E-state index in [4.69, 9.17) is 0 Å². The van der Waals surface area contributed by atoms with Crippen LogP contribution in [0.2, 0.25) is 0 Å². The predicted octanol–water partition coefficient (Wildman–Crippen LogP) is 2.54. The molecule has 3 rings (SSSR count). The Balaban J connectivity index is 2.08. The zero-order valence-electron chi connectivity index (χ0n) is 14.1. The van der Waals surface area contributed by atoms with Gasteiger partial charge in [0.05, 0.1) is 5.70 Å². The highest BCUT2D eigenvalue weighted by molar-refractivity contribution is 5.78. The number of H-pyrrole nitrogens is 2. The molecule has 2 aromatic rings. The summed E-state index contributed by atoms with van der Waals surface area (Å²) in [6.07, 6.45) is 1.97. The van der Waals surface area contributed by atoms with Gasteiger partial charge in [0.25, 0.3) is 5.56 Å². The number of rotatable bonds is 5. The molecule has 0 unspecified atom stereocenters. The van der Waals surface area contributed by atoms with Crippen molar-refractivity contribution < 1.29 is 0 Å². The van der Waals surface area contributed by atoms with Gasteiger partial charge in [-0.05, 0) is 18.9 Å². The minimum absolute atomic E-state index is 0.241. The van der Waals surface area contributed by atoms with Crippen molar-refractivity contribution in [3.8, 4) is 11.5 Å². The fraction of sp³-hybridized carbons (Fsp3) is 0.353. The summed E-state index contributed by atoms with van der Waals surface area (Å²) < 4.78 is 0. The van der Waals surface area contributed by atoms with E-state index in [0.717, 1.165) is 49.0 Å². The molecule has 7 heteroatoms. The standard InChI is InChI=1S/C17H22N6O/c1-5-9-22-11(3)15-17(23(10-6-2)12(22)4)19-16(18-15)13-7-8-14(24)21-20-13/h7-8H,3-6,9-10H2,1-2H3,(H,18,19)(H,21,24). The molecular weight excluding hydrogens is 304 g/mol. The van der Waals surface area contributed by atoms with Crippen LogP contribution in [0.3, 0.4) is 0 Å². The van der Waals surface area contributed by atoms with Crippen molar-refractivity contribution in [3.63, 3.8) is 0 Å². The number of aromatic nitrogens is 4. The SMILES string of the molecule is C=C1c2[nH]c(-c3ccc(=O)[nH]n3)nc2N(CCC)C(=C)N1CCC. The van der Waals surface area contributed by atoms with Crippen molar-refractivity contribution in [2.45, 2.75) is 26.7 Å². The van der Waals surface area contributed by atoms with Crippen LogP contribution in [0.4, 0.5) is 5.82 Å². The smallest absolute Gasteiger partial charge is 0.264 e. The lowest BCUT2D eigenvalue weighted by Gasteiger charge is -2.39. The van der Waals surface area contributed by atoms with Gasteiger partial charge in [-0.25, -0.2) is 10.1 Å². The number of fused-ring (bicyclic) bond motifs is 1. The van der Waals surface area contributed by atoms with E-state index in [9.17, 15) is 4.79 Å². The van der Waals surface area contributed by atoms with E-state index in [0.29, 0.717) is 11.5 Å². The molecule has 0 fully saturated rings. The molecule has 2 N–H and O–H groups in total. The maximum atomic E-state index is 11.2. The normalized spacial score (nSPS) is 14.2. The number of hydrogen-bond acceptors (Lipinski definition) is 5. The van der Waals surface area contributed by atoms with E-state index in [-0.39, 0.29) is 5.56 Å². The molecule has 1 aliphatic heterocycles. The number of nitrogens with one attached hydrogen (secondary N) is 2. The summed E-state index contributed by atoms with van der Waals surface area (Å²) in [4.78, 5) is 23.4. The quantitative estimate of drug-likeness (QED) is 0.882. The average molecular weight is 326 g/mol. The summed E-state index contributed by atoms with van der Waals surface area (Å²) in [5, 5.41) is 6.48. The van der Waals surface area contributed by atoms with E-state index in [1.807, 2.05) is 0 Å². The number of imidazole rings is 1. The maximum absolute atomic E-state index is 11.2. The van der Waals surface area contributed by atoms with Crippen LogP contribution >= 0.6 is 0 Å². The molecule has 0 saturated heterocycles. The highest BCUT2D eigenvalue weighted by Crippen LogP contribution is 2.38. The van der Waals surface area contributed by atoms with E-state index in [2.05, 4.69) is 57.0 Å². The Kier molecular flexibility index (Phi) is 4.24. The molecule has 2 aromatic heterocycles. The van der Waals surface area contributed by atoms with Crippen molar-refractivity contribution in [1.29, 1.82) is 0 Å². The molecule has 0 amide bonds. The fourth-order valence-corrected chi connectivity index (χ4v) is 2.86.